The molecule has 2 aliphatic rings. The average molecular weight is 382 g/mol. The monoisotopic (exact) mass is 381 g/mol. The summed E-state index contributed by atoms with van der Waals surface area (Å²) in [4.78, 5) is 13.2. The van der Waals surface area contributed by atoms with E-state index in [4.69, 9.17) is 9.84 Å². The molecule has 1 N–H and O–H groups in total. The molecule has 1 heterocycles. The summed E-state index contributed by atoms with van der Waals surface area (Å²) < 4.78 is 6.41. The van der Waals surface area contributed by atoms with Crippen LogP contribution >= 0.6 is 0 Å². The number of rotatable bonds is 6. The lowest BCUT2D eigenvalue weighted by molar-refractivity contribution is -0.147. The maximum atomic E-state index is 11.0. The van der Waals surface area contributed by atoms with Gasteiger partial charge in [0.2, 0.25) is 0 Å². The maximum absolute atomic E-state index is 11.0. The number of aliphatic carboxylic acids is 1. The van der Waals surface area contributed by atoms with Crippen LogP contribution < -0.4 is 4.74 Å². The van der Waals surface area contributed by atoms with Crippen LogP contribution in [0.2, 0.25) is 0 Å². The van der Waals surface area contributed by atoms with E-state index in [2.05, 4.69) is 55.1 Å². The van der Waals surface area contributed by atoms with Crippen molar-refractivity contribution < 1.29 is 14.6 Å². The number of fused-ring (bicyclic) bond motifs is 1. The lowest BCUT2D eigenvalue weighted by Gasteiger charge is -2.36. The minimum Gasteiger partial charge on any atom is -0.490 e. The van der Waals surface area contributed by atoms with Gasteiger partial charge >= 0.3 is 5.97 Å². The summed E-state index contributed by atoms with van der Waals surface area (Å²) >= 11 is 0. The highest BCUT2D eigenvalue weighted by atomic mass is 16.5. The fourth-order valence-corrected chi connectivity index (χ4v) is 4.67. The second-order valence-electron chi connectivity index (χ2n) is 8.94. The lowest BCUT2D eigenvalue weighted by Crippen LogP contribution is -2.49. The van der Waals surface area contributed by atoms with Crippen molar-refractivity contribution >= 4 is 16.7 Å². The Morgan fingerprint density at radius 2 is 1.89 bits per heavy atom. The van der Waals surface area contributed by atoms with Crippen molar-refractivity contribution in [3.05, 3.63) is 42.0 Å². The van der Waals surface area contributed by atoms with Gasteiger partial charge in [-0.1, -0.05) is 38.1 Å². The predicted molar refractivity (Wildman–Crippen MR) is 112 cm³/mol. The number of carbonyl (C=O) groups is 1. The number of benzene rings is 2. The van der Waals surface area contributed by atoms with E-state index in [1.54, 1.807) is 0 Å². The quantitative estimate of drug-likeness (QED) is 0.769. The van der Waals surface area contributed by atoms with Crippen molar-refractivity contribution in [1.82, 2.24) is 4.90 Å². The smallest absolute Gasteiger partial charge is 0.309 e. The average Bonchev–Trinajstić information content (AvgIpc) is 2.64. The summed E-state index contributed by atoms with van der Waals surface area (Å²) in [6, 6.07) is 12.8. The van der Waals surface area contributed by atoms with Crippen LogP contribution in [0.25, 0.3) is 10.8 Å². The largest absolute Gasteiger partial charge is 0.490 e. The van der Waals surface area contributed by atoms with Gasteiger partial charge in [0.15, 0.2) is 0 Å². The van der Waals surface area contributed by atoms with E-state index in [1.165, 1.54) is 29.2 Å². The Bertz CT molecular complexity index is 833. The molecule has 0 aromatic heterocycles. The van der Waals surface area contributed by atoms with Crippen molar-refractivity contribution in [2.24, 2.45) is 17.8 Å². The minimum atomic E-state index is -0.682. The molecule has 0 unspecified atom stereocenters. The van der Waals surface area contributed by atoms with Gasteiger partial charge in [-0.25, -0.2) is 0 Å². The first-order valence-corrected chi connectivity index (χ1v) is 10.6. The number of nitrogens with zero attached hydrogens (tertiary/aromatic N) is 1. The topological polar surface area (TPSA) is 49.8 Å². The van der Waals surface area contributed by atoms with Crippen LogP contribution in [0.5, 0.6) is 5.75 Å². The van der Waals surface area contributed by atoms with Gasteiger partial charge in [-0.3, -0.25) is 9.69 Å². The van der Waals surface area contributed by atoms with Gasteiger partial charge in [0.05, 0.1) is 12.0 Å². The van der Waals surface area contributed by atoms with Crippen LogP contribution in [0.4, 0.5) is 0 Å². The number of hydrogen-bond acceptors (Lipinski definition) is 3. The Kier molecular flexibility index (Phi) is 5.58. The maximum Gasteiger partial charge on any atom is 0.309 e. The van der Waals surface area contributed by atoms with Crippen molar-refractivity contribution in [1.29, 1.82) is 0 Å². The molecular weight excluding hydrogens is 350 g/mol. The first kappa shape index (κ1) is 19.3. The van der Waals surface area contributed by atoms with E-state index in [0.717, 1.165) is 37.0 Å². The molecule has 1 aliphatic carbocycles. The first-order valence-electron chi connectivity index (χ1n) is 10.6. The highest BCUT2D eigenvalue weighted by Crippen LogP contribution is 2.34. The van der Waals surface area contributed by atoms with Crippen LogP contribution in [-0.2, 0) is 11.3 Å². The SMILES string of the molecule is CC(C)[C@H]1CC[C@H](Oc2cccc3cc(CN4CC(C(=O)O)C4)ccc23)CC1. The minimum absolute atomic E-state index is 0.203. The van der Waals surface area contributed by atoms with Crippen LogP contribution in [0.1, 0.15) is 45.1 Å². The molecule has 4 rings (SSSR count). The normalized spacial score (nSPS) is 23.7. The fraction of sp³-hybridized carbons (Fsp3) is 0.542. The summed E-state index contributed by atoms with van der Waals surface area (Å²) in [5.74, 6) is 1.73. The predicted octanol–water partition coefficient (Wildman–Crippen LogP) is 4.95. The van der Waals surface area contributed by atoms with Gasteiger partial charge < -0.3 is 9.84 Å². The van der Waals surface area contributed by atoms with Crippen LogP contribution in [0, 0.1) is 17.8 Å². The van der Waals surface area contributed by atoms with Crippen molar-refractivity contribution in [2.45, 2.75) is 52.2 Å². The van der Waals surface area contributed by atoms with Gasteiger partial charge in [0, 0.05) is 25.0 Å². The van der Waals surface area contributed by atoms with E-state index >= 15 is 0 Å². The number of hydrogen-bond donors (Lipinski definition) is 1. The Balaban J connectivity index is 1.41. The van der Waals surface area contributed by atoms with Crippen molar-refractivity contribution in [3.8, 4) is 5.75 Å². The Hall–Kier alpha value is -2.07. The second kappa shape index (κ2) is 8.12. The molecule has 0 amide bonds. The fourth-order valence-electron chi connectivity index (χ4n) is 4.67. The third kappa shape index (κ3) is 4.17. The van der Waals surface area contributed by atoms with Crippen molar-refractivity contribution in [3.63, 3.8) is 0 Å². The standard InChI is InChI=1S/C24H31NO3/c1-16(2)18-7-9-21(10-8-18)28-23-5-3-4-19-12-17(6-11-22(19)23)13-25-14-20(15-25)24(26)27/h3-6,11-12,16,18,20-21H,7-10,13-15H2,1-2H3,(H,26,27)/t18-,21-. The molecule has 2 fully saturated rings. The molecule has 0 spiro atoms. The van der Waals surface area contributed by atoms with E-state index in [9.17, 15) is 4.79 Å². The summed E-state index contributed by atoms with van der Waals surface area (Å²) in [6.07, 6.45) is 5.16. The molecule has 1 saturated carbocycles. The van der Waals surface area contributed by atoms with Gasteiger partial charge in [0.25, 0.3) is 0 Å². The highest BCUT2D eigenvalue weighted by Gasteiger charge is 2.32. The molecule has 0 bridgehead atoms. The molecule has 28 heavy (non-hydrogen) atoms. The molecule has 4 nitrogen and oxygen atoms in total. The van der Waals surface area contributed by atoms with Crippen LogP contribution in [0.15, 0.2) is 36.4 Å². The zero-order valence-corrected chi connectivity index (χ0v) is 16.9. The number of carboxylic acid groups (broad SMARTS) is 1. The lowest BCUT2D eigenvalue weighted by atomic mass is 9.80. The summed E-state index contributed by atoms with van der Waals surface area (Å²) in [5, 5.41) is 11.4. The molecule has 2 aromatic carbocycles. The molecule has 0 atom stereocenters. The van der Waals surface area contributed by atoms with Gasteiger partial charge in [-0.15, -0.1) is 0 Å². The summed E-state index contributed by atoms with van der Waals surface area (Å²) in [7, 11) is 0. The zero-order chi connectivity index (χ0) is 19.7. The first-order chi connectivity index (χ1) is 13.5. The molecule has 4 heteroatoms. The Labute approximate surface area is 167 Å². The molecule has 0 radical (unpaired) electrons. The molecule has 2 aromatic rings. The van der Waals surface area contributed by atoms with Crippen LogP contribution in [0.3, 0.4) is 0 Å². The second-order valence-corrected chi connectivity index (χ2v) is 8.94. The summed E-state index contributed by atoms with van der Waals surface area (Å²) in [6.45, 7) is 6.77. The van der Waals surface area contributed by atoms with E-state index < -0.39 is 5.97 Å². The molecule has 1 aliphatic heterocycles. The molecular formula is C24H31NO3. The zero-order valence-electron chi connectivity index (χ0n) is 16.9. The Morgan fingerprint density at radius 3 is 2.57 bits per heavy atom. The van der Waals surface area contributed by atoms with E-state index in [-0.39, 0.29) is 5.92 Å². The van der Waals surface area contributed by atoms with Gasteiger partial charge in [-0.05, 0) is 60.6 Å². The summed E-state index contributed by atoms with van der Waals surface area (Å²) in [5.41, 5.74) is 1.23. The third-order valence-corrected chi connectivity index (χ3v) is 6.57. The molecule has 1 saturated heterocycles. The van der Waals surface area contributed by atoms with E-state index in [1.807, 2.05) is 0 Å². The van der Waals surface area contributed by atoms with Crippen molar-refractivity contribution in [2.75, 3.05) is 13.1 Å². The van der Waals surface area contributed by atoms with Gasteiger partial charge in [0.1, 0.15) is 5.75 Å². The van der Waals surface area contributed by atoms with Crippen LogP contribution in [-0.4, -0.2) is 35.2 Å². The Morgan fingerprint density at radius 1 is 1.14 bits per heavy atom. The highest BCUT2D eigenvalue weighted by molar-refractivity contribution is 5.88. The third-order valence-electron chi connectivity index (χ3n) is 6.57. The number of ether oxygens (including phenoxy) is 1. The number of likely N-dealkylation sites (tertiary alicyclic amines) is 1. The molecule has 150 valence electrons. The van der Waals surface area contributed by atoms with Gasteiger partial charge in [-0.2, -0.15) is 0 Å². The number of carboxylic acids is 1. The van der Waals surface area contributed by atoms with E-state index in [0.29, 0.717) is 19.2 Å².